The van der Waals surface area contributed by atoms with E-state index in [1.807, 2.05) is 17.8 Å². The van der Waals surface area contributed by atoms with Gasteiger partial charge in [0, 0.05) is 36.4 Å². The summed E-state index contributed by atoms with van der Waals surface area (Å²) in [4.78, 5) is 12.1. The molecule has 0 aromatic heterocycles. The lowest BCUT2D eigenvalue weighted by Crippen LogP contribution is -2.32. The molecule has 4 heteroatoms. The smallest absolute Gasteiger partial charge is 0.220 e. The fourth-order valence-electron chi connectivity index (χ4n) is 3.03. The second-order valence-corrected chi connectivity index (χ2v) is 7.07. The lowest BCUT2D eigenvalue weighted by molar-refractivity contribution is -0.121. The van der Waals surface area contributed by atoms with E-state index < -0.39 is 0 Å². The zero-order valence-corrected chi connectivity index (χ0v) is 12.5. The molecule has 2 unspecified atom stereocenters. The molecule has 0 saturated carbocycles. The van der Waals surface area contributed by atoms with Gasteiger partial charge in [0.05, 0.1) is 0 Å². The number of carbonyl (C=O) groups excluding carboxylic acids is 1. The number of hydrogen-bond acceptors (Lipinski definition) is 3. The molecule has 3 rings (SSSR count). The maximum atomic E-state index is 12.1. The summed E-state index contributed by atoms with van der Waals surface area (Å²) in [5, 5.41) is 7.13. The number of hydrogen-bond donors (Lipinski definition) is 2. The second kappa shape index (κ2) is 6.53. The molecule has 1 aromatic carbocycles. The van der Waals surface area contributed by atoms with E-state index >= 15 is 0 Å². The highest BCUT2D eigenvalue weighted by atomic mass is 32.2. The molecule has 2 aliphatic rings. The Bertz CT molecular complexity index is 471. The van der Waals surface area contributed by atoms with Crippen molar-refractivity contribution >= 4 is 23.4 Å². The van der Waals surface area contributed by atoms with Crippen molar-refractivity contribution in [1.82, 2.24) is 5.32 Å². The molecule has 1 aromatic rings. The van der Waals surface area contributed by atoms with Crippen LogP contribution in [0.3, 0.4) is 0 Å². The van der Waals surface area contributed by atoms with E-state index in [-0.39, 0.29) is 5.91 Å². The summed E-state index contributed by atoms with van der Waals surface area (Å²) in [6, 6.07) is 8.31. The van der Waals surface area contributed by atoms with Gasteiger partial charge >= 0.3 is 0 Å². The number of amides is 1. The Hall–Kier alpha value is -1.16. The average molecular weight is 290 g/mol. The fourth-order valence-corrected chi connectivity index (χ4v) is 4.27. The molecule has 0 aliphatic carbocycles. The second-order valence-electron chi connectivity index (χ2n) is 5.66. The van der Waals surface area contributed by atoms with E-state index in [1.165, 1.54) is 36.3 Å². The number of para-hydroxylation sites is 1. The number of anilines is 1. The van der Waals surface area contributed by atoms with Crippen molar-refractivity contribution in [2.45, 2.75) is 36.9 Å². The van der Waals surface area contributed by atoms with E-state index in [2.05, 4.69) is 28.8 Å². The van der Waals surface area contributed by atoms with Gasteiger partial charge in [0.25, 0.3) is 0 Å². The molecule has 2 heterocycles. The molecule has 108 valence electrons. The van der Waals surface area contributed by atoms with Crippen LogP contribution >= 0.6 is 11.8 Å². The third-order valence-corrected chi connectivity index (χ3v) is 5.57. The molecule has 2 aliphatic heterocycles. The Balaban J connectivity index is 1.47. The van der Waals surface area contributed by atoms with Crippen LogP contribution in [-0.2, 0) is 4.79 Å². The van der Waals surface area contributed by atoms with Gasteiger partial charge in [-0.05, 0) is 30.2 Å². The Labute approximate surface area is 124 Å². The molecule has 1 saturated heterocycles. The molecule has 1 fully saturated rings. The quantitative estimate of drug-likeness (QED) is 0.895. The number of fused-ring (bicyclic) bond motifs is 1. The minimum Gasteiger partial charge on any atom is -0.384 e. The Morgan fingerprint density at radius 1 is 1.35 bits per heavy atom. The Kier molecular flexibility index (Phi) is 4.51. The van der Waals surface area contributed by atoms with Gasteiger partial charge in [0.2, 0.25) is 5.91 Å². The third-order valence-electron chi connectivity index (χ3n) is 4.17. The van der Waals surface area contributed by atoms with Crippen molar-refractivity contribution in [3.05, 3.63) is 29.8 Å². The predicted octanol–water partition coefficient (Wildman–Crippen LogP) is 2.99. The number of carbonyl (C=O) groups is 1. The van der Waals surface area contributed by atoms with E-state index in [0.29, 0.717) is 17.6 Å². The van der Waals surface area contributed by atoms with Crippen LogP contribution in [0.1, 0.15) is 37.2 Å². The molecule has 20 heavy (non-hydrogen) atoms. The highest BCUT2D eigenvalue weighted by Gasteiger charge is 2.24. The first-order chi connectivity index (χ1) is 9.83. The van der Waals surface area contributed by atoms with Gasteiger partial charge in [-0.2, -0.15) is 11.8 Å². The minimum atomic E-state index is 0.194. The van der Waals surface area contributed by atoms with Crippen LogP contribution in [0.4, 0.5) is 5.69 Å². The summed E-state index contributed by atoms with van der Waals surface area (Å²) in [5.41, 5.74) is 2.47. The minimum absolute atomic E-state index is 0.194. The first kappa shape index (κ1) is 13.8. The molecule has 0 spiro atoms. The normalized spacial score (nSPS) is 24.8. The van der Waals surface area contributed by atoms with Crippen molar-refractivity contribution in [3.8, 4) is 0 Å². The molecule has 3 nitrogen and oxygen atoms in total. The van der Waals surface area contributed by atoms with Gasteiger partial charge in [-0.15, -0.1) is 0 Å². The molecule has 2 atom stereocenters. The van der Waals surface area contributed by atoms with Crippen LogP contribution in [0.2, 0.25) is 0 Å². The fraction of sp³-hybridized carbons (Fsp3) is 0.562. The van der Waals surface area contributed by atoms with Crippen molar-refractivity contribution in [1.29, 1.82) is 0 Å². The SMILES string of the molecule is O=C(CC1CNc2ccccc21)NCC1CCCCS1. The van der Waals surface area contributed by atoms with Crippen LogP contribution in [-0.4, -0.2) is 30.0 Å². The Morgan fingerprint density at radius 2 is 2.25 bits per heavy atom. The summed E-state index contributed by atoms with van der Waals surface area (Å²) in [5.74, 6) is 1.77. The maximum absolute atomic E-state index is 12.1. The monoisotopic (exact) mass is 290 g/mol. The van der Waals surface area contributed by atoms with Crippen molar-refractivity contribution in [2.24, 2.45) is 0 Å². The Morgan fingerprint density at radius 3 is 3.10 bits per heavy atom. The van der Waals surface area contributed by atoms with Gasteiger partial charge in [-0.1, -0.05) is 24.6 Å². The summed E-state index contributed by atoms with van der Waals surface area (Å²) in [6.07, 6.45) is 4.49. The lowest BCUT2D eigenvalue weighted by Gasteiger charge is -2.21. The maximum Gasteiger partial charge on any atom is 0.220 e. The van der Waals surface area contributed by atoms with Crippen LogP contribution in [0.15, 0.2) is 24.3 Å². The molecular weight excluding hydrogens is 268 g/mol. The van der Waals surface area contributed by atoms with Crippen molar-refractivity contribution in [2.75, 3.05) is 24.2 Å². The first-order valence-electron chi connectivity index (χ1n) is 7.54. The molecular formula is C16H22N2OS. The lowest BCUT2D eigenvalue weighted by atomic mass is 9.97. The third kappa shape index (κ3) is 3.29. The van der Waals surface area contributed by atoms with Crippen LogP contribution in [0, 0.1) is 0 Å². The van der Waals surface area contributed by atoms with Crippen molar-refractivity contribution < 1.29 is 4.79 Å². The van der Waals surface area contributed by atoms with E-state index in [9.17, 15) is 4.79 Å². The van der Waals surface area contributed by atoms with Crippen LogP contribution in [0.5, 0.6) is 0 Å². The summed E-state index contributed by atoms with van der Waals surface area (Å²) in [7, 11) is 0. The largest absolute Gasteiger partial charge is 0.384 e. The van der Waals surface area contributed by atoms with Gasteiger partial charge in [-0.3, -0.25) is 4.79 Å². The molecule has 1 amide bonds. The highest BCUT2D eigenvalue weighted by Crippen LogP contribution is 2.33. The van der Waals surface area contributed by atoms with E-state index in [1.54, 1.807) is 0 Å². The van der Waals surface area contributed by atoms with Gasteiger partial charge < -0.3 is 10.6 Å². The number of benzene rings is 1. The summed E-state index contributed by atoms with van der Waals surface area (Å²) >= 11 is 2.01. The van der Waals surface area contributed by atoms with Gasteiger partial charge in [0.15, 0.2) is 0 Å². The van der Waals surface area contributed by atoms with Crippen molar-refractivity contribution in [3.63, 3.8) is 0 Å². The van der Waals surface area contributed by atoms with Gasteiger partial charge in [0.1, 0.15) is 0 Å². The van der Waals surface area contributed by atoms with Crippen LogP contribution in [0.25, 0.3) is 0 Å². The predicted molar refractivity (Wildman–Crippen MR) is 85.4 cm³/mol. The number of rotatable bonds is 4. The van der Waals surface area contributed by atoms with E-state index in [4.69, 9.17) is 0 Å². The first-order valence-corrected chi connectivity index (χ1v) is 8.59. The molecule has 0 bridgehead atoms. The topological polar surface area (TPSA) is 41.1 Å². The average Bonchev–Trinajstić information content (AvgIpc) is 2.90. The molecule has 0 radical (unpaired) electrons. The standard InChI is InChI=1S/C16H22N2OS/c19-16(18-11-13-5-3-4-8-20-13)9-12-10-17-15-7-2-1-6-14(12)15/h1-2,6-7,12-13,17H,3-5,8-11H2,(H,18,19). The van der Waals surface area contributed by atoms with Gasteiger partial charge in [-0.25, -0.2) is 0 Å². The van der Waals surface area contributed by atoms with E-state index in [0.717, 1.165) is 13.1 Å². The zero-order chi connectivity index (χ0) is 13.8. The zero-order valence-electron chi connectivity index (χ0n) is 11.7. The number of nitrogens with one attached hydrogen (secondary N) is 2. The van der Waals surface area contributed by atoms with Crippen LogP contribution < -0.4 is 10.6 Å². The molecule has 2 N–H and O–H groups in total. The summed E-state index contributed by atoms with van der Waals surface area (Å²) in [6.45, 7) is 1.72. The number of thioether (sulfide) groups is 1. The highest BCUT2D eigenvalue weighted by molar-refractivity contribution is 7.99. The summed E-state index contributed by atoms with van der Waals surface area (Å²) < 4.78 is 0.